The molecule has 0 aliphatic carbocycles. The number of benzene rings is 1. The second-order valence-electron chi connectivity index (χ2n) is 2.82. The standard InChI is InChI=1S/C12H12O2/c1-4-10-9(3)7-6-8-11(10)14-12(13)5-2/h4-8H,1-2H2,3H3. The van der Waals surface area contributed by atoms with E-state index in [1.54, 1.807) is 12.1 Å². The maximum atomic E-state index is 11.0. The Hall–Kier alpha value is -1.83. The number of rotatable bonds is 3. The first-order valence-electron chi connectivity index (χ1n) is 4.25. The number of hydrogen-bond acceptors (Lipinski definition) is 2. The van der Waals surface area contributed by atoms with Crippen LogP contribution in [0.1, 0.15) is 11.1 Å². The summed E-state index contributed by atoms with van der Waals surface area (Å²) in [7, 11) is 0. The lowest BCUT2D eigenvalue weighted by Crippen LogP contribution is -2.04. The summed E-state index contributed by atoms with van der Waals surface area (Å²) in [6.07, 6.45) is 2.80. The zero-order valence-electron chi connectivity index (χ0n) is 8.12. The zero-order valence-corrected chi connectivity index (χ0v) is 8.12. The Labute approximate surface area is 83.5 Å². The van der Waals surface area contributed by atoms with Gasteiger partial charge < -0.3 is 4.74 Å². The third-order valence-electron chi connectivity index (χ3n) is 1.87. The SMILES string of the molecule is C=CC(=O)Oc1cccc(C)c1C=C. The maximum absolute atomic E-state index is 11.0. The van der Waals surface area contributed by atoms with Crippen molar-refractivity contribution >= 4 is 12.0 Å². The van der Waals surface area contributed by atoms with Crippen molar-refractivity contribution in [3.8, 4) is 5.75 Å². The van der Waals surface area contributed by atoms with Crippen molar-refractivity contribution in [2.45, 2.75) is 6.92 Å². The van der Waals surface area contributed by atoms with Crippen LogP contribution in [0.25, 0.3) is 6.08 Å². The van der Waals surface area contributed by atoms with E-state index in [-0.39, 0.29) is 0 Å². The largest absolute Gasteiger partial charge is 0.423 e. The molecule has 0 amide bonds. The van der Waals surface area contributed by atoms with Crippen LogP contribution < -0.4 is 4.74 Å². The normalized spacial score (nSPS) is 9.21. The Morgan fingerprint density at radius 1 is 1.43 bits per heavy atom. The van der Waals surface area contributed by atoms with Crippen molar-refractivity contribution in [3.05, 3.63) is 48.6 Å². The molecule has 1 aromatic carbocycles. The molecule has 0 spiro atoms. The summed E-state index contributed by atoms with van der Waals surface area (Å²) < 4.78 is 5.04. The van der Waals surface area contributed by atoms with Crippen molar-refractivity contribution < 1.29 is 9.53 Å². The molecular weight excluding hydrogens is 176 g/mol. The van der Waals surface area contributed by atoms with Crippen LogP contribution in [0.3, 0.4) is 0 Å². The lowest BCUT2D eigenvalue weighted by molar-refractivity contribution is -0.128. The number of carbonyl (C=O) groups excluding carboxylic acids is 1. The van der Waals surface area contributed by atoms with Gasteiger partial charge in [0, 0.05) is 11.6 Å². The minimum Gasteiger partial charge on any atom is -0.423 e. The smallest absolute Gasteiger partial charge is 0.335 e. The second-order valence-corrected chi connectivity index (χ2v) is 2.82. The van der Waals surface area contributed by atoms with E-state index in [1.807, 2.05) is 19.1 Å². The average molecular weight is 188 g/mol. The fraction of sp³-hybridized carbons (Fsp3) is 0.0833. The molecule has 0 fully saturated rings. The highest BCUT2D eigenvalue weighted by molar-refractivity contribution is 5.84. The first-order chi connectivity index (χ1) is 6.69. The summed E-state index contributed by atoms with van der Waals surface area (Å²) in [6.45, 7) is 8.94. The highest BCUT2D eigenvalue weighted by Crippen LogP contribution is 2.23. The van der Waals surface area contributed by atoms with Crippen LogP contribution in [-0.2, 0) is 4.79 Å². The molecule has 0 aliphatic rings. The van der Waals surface area contributed by atoms with E-state index in [0.717, 1.165) is 17.2 Å². The molecule has 0 aliphatic heterocycles. The Morgan fingerprint density at radius 3 is 2.71 bits per heavy atom. The fourth-order valence-corrected chi connectivity index (χ4v) is 1.15. The summed E-state index contributed by atoms with van der Waals surface area (Å²) in [4.78, 5) is 11.0. The van der Waals surface area contributed by atoms with Gasteiger partial charge in [-0.25, -0.2) is 4.79 Å². The molecule has 2 heteroatoms. The number of ether oxygens (including phenoxy) is 1. The van der Waals surface area contributed by atoms with Gasteiger partial charge in [0.25, 0.3) is 0 Å². The van der Waals surface area contributed by atoms with Crippen LogP contribution in [0, 0.1) is 6.92 Å². The summed E-state index contributed by atoms with van der Waals surface area (Å²) >= 11 is 0. The summed E-state index contributed by atoms with van der Waals surface area (Å²) in [5.74, 6) is 0.0589. The second kappa shape index (κ2) is 4.42. The lowest BCUT2D eigenvalue weighted by atomic mass is 10.1. The number of hydrogen-bond donors (Lipinski definition) is 0. The van der Waals surface area contributed by atoms with Crippen LogP contribution in [-0.4, -0.2) is 5.97 Å². The summed E-state index contributed by atoms with van der Waals surface area (Å²) in [6, 6.07) is 5.49. The molecule has 0 saturated heterocycles. The molecule has 72 valence electrons. The lowest BCUT2D eigenvalue weighted by Gasteiger charge is -2.07. The van der Waals surface area contributed by atoms with Gasteiger partial charge >= 0.3 is 5.97 Å². The summed E-state index contributed by atoms with van der Waals surface area (Å²) in [5.41, 5.74) is 1.86. The highest BCUT2D eigenvalue weighted by atomic mass is 16.5. The van der Waals surface area contributed by atoms with Crippen LogP contribution in [0.5, 0.6) is 5.75 Å². The third-order valence-corrected chi connectivity index (χ3v) is 1.87. The third kappa shape index (κ3) is 2.10. The Balaban J connectivity index is 3.07. The first-order valence-corrected chi connectivity index (χ1v) is 4.25. The minimum atomic E-state index is -0.460. The van der Waals surface area contributed by atoms with Gasteiger partial charge in [0.15, 0.2) is 0 Å². The fourth-order valence-electron chi connectivity index (χ4n) is 1.15. The predicted molar refractivity (Wildman–Crippen MR) is 57.1 cm³/mol. The van der Waals surface area contributed by atoms with Gasteiger partial charge in [0.1, 0.15) is 5.75 Å². The van der Waals surface area contributed by atoms with Crippen molar-refractivity contribution in [2.24, 2.45) is 0 Å². The molecule has 0 aromatic heterocycles. The van der Waals surface area contributed by atoms with Crippen molar-refractivity contribution in [2.75, 3.05) is 0 Å². The minimum absolute atomic E-state index is 0.460. The van der Waals surface area contributed by atoms with E-state index in [1.165, 1.54) is 0 Å². The molecule has 0 unspecified atom stereocenters. The van der Waals surface area contributed by atoms with E-state index in [0.29, 0.717) is 5.75 Å². The number of carbonyl (C=O) groups is 1. The predicted octanol–water partition coefficient (Wildman–Crippen LogP) is 2.73. The van der Waals surface area contributed by atoms with Gasteiger partial charge in [-0.05, 0) is 18.6 Å². The Bertz CT molecular complexity index is 378. The van der Waals surface area contributed by atoms with E-state index >= 15 is 0 Å². The molecule has 0 heterocycles. The van der Waals surface area contributed by atoms with Crippen LogP contribution in [0.2, 0.25) is 0 Å². The Kier molecular flexibility index (Phi) is 3.24. The molecule has 2 nitrogen and oxygen atoms in total. The first kappa shape index (κ1) is 10.3. The van der Waals surface area contributed by atoms with Gasteiger partial charge in [-0.2, -0.15) is 0 Å². The van der Waals surface area contributed by atoms with E-state index < -0.39 is 5.97 Å². The van der Waals surface area contributed by atoms with Crippen molar-refractivity contribution in [1.82, 2.24) is 0 Å². The maximum Gasteiger partial charge on any atom is 0.335 e. The zero-order chi connectivity index (χ0) is 10.6. The molecule has 0 N–H and O–H groups in total. The highest BCUT2D eigenvalue weighted by Gasteiger charge is 2.05. The van der Waals surface area contributed by atoms with Crippen LogP contribution in [0.15, 0.2) is 37.4 Å². The Morgan fingerprint density at radius 2 is 2.14 bits per heavy atom. The summed E-state index contributed by atoms with van der Waals surface area (Å²) in [5, 5.41) is 0. The molecule has 0 bridgehead atoms. The van der Waals surface area contributed by atoms with Gasteiger partial charge in [-0.15, -0.1) is 0 Å². The molecule has 14 heavy (non-hydrogen) atoms. The molecule has 0 saturated carbocycles. The molecule has 1 rings (SSSR count). The van der Waals surface area contributed by atoms with Gasteiger partial charge in [-0.1, -0.05) is 31.4 Å². The van der Waals surface area contributed by atoms with E-state index in [9.17, 15) is 4.79 Å². The van der Waals surface area contributed by atoms with Crippen LogP contribution >= 0.6 is 0 Å². The number of esters is 1. The van der Waals surface area contributed by atoms with Crippen molar-refractivity contribution in [3.63, 3.8) is 0 Å². The molecule has 0 atom stereocenters. The van der Waals surface area contributed by atoms with Gasteiger partial charge in [0.2, 0.25) is 0 Å². The topological polar surface area (TPSA) is 26.3 Å². The van der Waals surface area contributed by atoms with Gasteiger partial charge in [-0.3, -0.25) is 0 Å². The molecule has 0 radical (unpaired) electrons. The van der Waals surface area contributed by atoms with Crippen molar-refractivity contribution in [1.29, 1.82) is 0 Å². The van der Waals surface area contributed by atoms with E-state index in [2.05, 4.69) is 13.2 Å². The molecular formula is C12H12O2. The quantitative estimate of drug-likeness (QED) is 0.414. The van der Waals surface area contributed by atoms with Crippen LogP contribution in [0.4, 0.5) is 0 Å². The molecule has 1 aromatic rings. The number of aryl methyl sites for hydroxylation is 1. The van der Waals surface area contributed by atoms with E-state index in [4.69, 9.17) is 4.74 Å². The average Bonchev–Trinajstić information content (AvgIpc) is 2.18. The monoisotopic (exact) mass is 188 g/mol. The van der Waals surface area contributed by atoms with Gasteiger partial charge in [0.05, 0.1) is 0 Å².